The second-order valence-corrected chi connectivity index (χ2v) is 3.41. The molecule has 1 heterocycles. The van der Waals surface area contributed by atoms with E-state index in [1.54, 1.807) is 0 Å². The van der Waals surface area contributed by atoms with Crippen molar-refractivity contribution in [3.05, 3.63) is 64.3 Å². The van der Waals surface area contributed by atoms with Crippen LogP contribution in [-0.4, -0.2) is 15.6 Å². The summed E-state index contributed by atoms with van der Waals surface area (Å²) < 4.78 is 14.2. The minimum Gasteiger partial charge on any atom is -0.477 e. The highest BCUT2D eigenvalue weighted by molar-refractivity contribution is 5.87. The van der Waals surface area contributed by atoms with Crippen LogP contribution in [0, 0.1) is 5.82 Å². The summed E-state index contributed by atoms with van der Waals surface area (Å²) in [6, 6.07) is 6.66. The lowest BCUT2D eigenvalue weighted by Crippen LogP contribution is -2.15. The van der Waals surface area contributed by atoms with E-state index in [4.69, 9.17) is 5.11 Å². The Morgan fingerprint density at radius 1 is 1.18 bits per heavy atom. The number of carboxylic acid groups (broad SMARTS) is 1. The largest absolute Gasteiger partial charge is 0.477 e. The normalized spacial score (nSPS) is 10.2. The minimum absolute atomic E-state index is 0.322. The van der Waals surface area contributed by atoms with Crippen molar-refractivity contribution in [3.63, 3.8) is 0 Å². The second-order valence-electron chi connectivity index (χ2n) is 3.41. The summed E-state index contributed by atoms with van der Waals surface area (Å²) in [7, 11) is 0. The summed E-state index contributed by atoms with van der Waals surface area (Å²) in [6.07, 6.45) is 2.64. The van der Waals surface area contributed by atoms with Crippen LogP contribution >= 0.6 is 0 Å². The van der Waals surface area contributed by atoms with Crippen LogP contribution in [-0.2, 0) is 0 Å². The van der Waals surface area contributed by atoms with Gasteiger partial charge in [-0.2, -0.15) is 0 Å². The highest BCUT2D eigenvalue weighted by atomic mass is 19.1. The molecule has 0 saturated carbocycles. The molecule has 1 N–H and O–H groups in total. The van der Waals surface area contributed by atoms with Crippen LogP contribution in [0.15, 0.2) is 47.5 Å². The average Bonchev–Trinajstić information content (AvgIpc) is 2.30. The van der Waals surface area contributed by atoms with Gasteiger partial charge >= 0.3 is 5.97 Å². The molecule has 0 unspecified atom stereocenters. The fraction of sp³-hybridized carbons (Fsp3) is 0. The Bertz CT molecular complexity index is 616. The molecule has 0 saturated heterocycles. The van der Waals surface area contributed by atoms with E-state index in [-0.39, 0.29) is 11.4 Å². The summed E-state index contributed by atoms with van der Waals surface area (Å²) in [5, 5.41) is 8.81. The first-order valence-electron chi connectivity index (χ1n) is 4.79. The van der Waals surface area contributed by atoms with Crippen molar-refractivity contribution in [3.8, 4) is 5.69 Å². The average molecular weight is 233 g/mol. The van der Waals surface area contributed by atoms with E-state index in [0.717, 1.165) is 6.07 Å². The van der Waals surface area contributed by atoms with Gasteiger partial charge in [-0.3, -0.25) is 4.79 Å². The van der Waals surface area contributed by atoms with E-state index >= 15 is 0 Å². The van der Waals surface area contributed by atoms with Crippen LogP contribution in [0.2, 0.25) is 0 Å². The van der Waals surface area contributed by atoms with E-state index < -0.39 is 11.4 Å². The number of pyridine rings is 1. The van der Waals surface area contributed by atoms with Crippen LogP contribution in [0.5, 0.6) is 0 Å². The molecule has 5 heteroatoms. The molecule has 2 aromatic rings. The summed E-state index contributed by atoms with van der Waals surface area (Å²) in [5.41, 5.74) is -0.304. The summed E-state index contributed by atoms with van der Waals surface area (Å²) in [6.45, 7) is 0. The fourth-order valence-electron chi connectivity index (χ4n) is 1.42. The molecular formula is C12H8FNO3. The summed E-state index contributed by atoms with van der Waals surface area (Å²) in [4.78, 5) is 22.0. The highest BCUT2D eigenvalue weighted by Gasteiger charge is 2.08. The molecule has 1 aromatic carbocycles. The molecular weight excluding hydrogens is 225 g/mol. The van der Waals surface area contributed by atoms with Gasteiger partial charge in [0, 0.05) is 24.1 Å². The van der Waals surface area contributed by atoms with Crippen LogP contribution in [0.3, 0.4) is 0 Å². The number of carboxylic acids is 1. The molecule has 17 heavy (non-hydrogen) atoms. The predicted octanol–water partition coefficient (Wildman–Crippen LogP) is 1.67. The number of benzene rings is 1. The third-order valence-electron chi connectivity index (χ3n) is 2.28. The van der Waals surface area contributed by atoms with Crippen molar-refractivity contribution in [1.29, 1.82) is 0 Å². The number of halogens is 1. The topological polar surface area (TPSA) is 59.3 Å². The van der Waals surface area contributed by atoms with Crippen LogP contribution in [0.1, 0.15) is 10.4 Å². The predicted molar refractivity (Wildman–Crippen MR) is 59.0 cm³/mol. The van der Waals surface area contributed by atoms with Crippen molar-refractivity contribution in [2.45, 2.75) is 0 Å². The molecule has 0 fully saturated rings. The number of hydrogen-bond donors (Lipinski definition) is 1. The molecule has 0 aliphatic heterocycles. The molecule has 0 aliphatic carbocycles. The lowest BCUT2D eigenvalue weighted by molar-refractivity contribution is 0.0695. The number of hydrogen-bond acceptors (Lipinski definition) is 2. The SMILES string of the molecule is O=C(O)c1cn(-c2ccc(F)cc2)ccc1=O. The van der Waals surface area contributed by atoms with Gasteiger partial charge in [0.2, 0.25) is 0 Å². The van der Waals surface area contributed by atoms with E-state index in [0.29, 0.717) is 5.69 Å². The standard InChI is InChI=1S/C12H8FNO3/c13-8-1-3-9(4-2-8)14-6-5-11(15)10(7-14)12(16)17/h1-7H,(H,16,17). The first-order chi connectivity index (χ1) is 8.08. The Hall–Kier alpha value is -2.43. The van der Waals surface area contributed by atoms with Gasteiger partial charge in [0.05, 0.1) is 0 Å². The van der Waals surface area contributed by atoms with Crippen molar-refractivity contribution in [1.82, 2.24) is 4.57 Å². The lowest BCUT2D eigenvalue weighted by Gasteiger charge is -2.06. The Morgan fingerprint density at radius 2 is 1.82 bits per heavy atom. The van der Waals surface area contributed by atoms with Crippen LogP contribution in [0.4, 0.5) is 4.39 Å². The number of rotatable bonds is 2. The van der Waals surface area contributed by atoms with Crippen molar-refractivity contribution >= 4 is 5.97 Å². The Labute approximate surface area is 95.6 Å². The maximum absolute atomic E-state index is 12.7. The molecule has 86 valence electrons. The highest BCUT2D eigenvalue weighted by Crippen LogP contribution is 2.08. The van der Waals surface area contributed by atoms with Gasteiger partial charge in [-0.1, -0.05) is 0 Å². The molecule has 4 nitrogen and oxygen atoms in total. The molecule has 2 rings (SSSR count). The molecule has 0 atom stereocenters. The lowest BCUT2D eigenvalue weighted by atomic mass is 10.2. The van der Waals surface area contributed by atoms with Gasteiger partial charge < -0.3 is 9.67 Å². The fourth-order valence-corrected chi connectivity index (χ4v) is 1.42. The van der Waals surface area contributed by atoms with Gasteiger partial charge in [-0.15, -0.1) is 0 Å². The smallest absolute Gasteiger partial charge is 0.341 e. The van der Waals surface area contributed by atoms with Crippen molar-refractivity contribution in [2.75, 3.05) is 0 Å². The van der Waals surface area contributed by atoms with Gasteiger partial charge in [0.1, 0.15) is 11.4 Å². The van der Waals surface area contributed by atoms with E-state index in [1.807, 2.05) is 0 Å². The number of nitrogens with zero attached hydrogens (tertiary/aromatic N) is 1. The maximum Gasteiger partial charge on any atom is 0.341 e. The quantitative estimate of drug-likeness (QED) is 0.858. The molecule has 0 radical (unpaired) electrons. The van der Waals surface area contributed by atoms with Gasteiger partial charge in [0.15, 0.2) is 5.43 Å². The Balaban J connectivity index is 2.53. The second kappa shape index (κ2) is 4.21. The molecule has 0 amide bonds. The Morgan fingerprint density at radius 3 is 2.41 bits per heavy atom. The van der Waals surface area contributed by atoms with Gasteiger partial charge in [0.25, 0.3) is 0 Å². The zero-order valence-corrected chi connectivity index (χ0v) is 8.63. The number of aromatic carboxylic acids is 1. The molecule has 0 aliphatic rings. The van der Waals surface area contributed by atoms with E-state index in [9.17, 15) is 14.0 Å². The number of carbonyl (C=O) groups is 1. The monoisotopic (exact) mass is 233 g/mol. The van der Waals surface area contributed by atoms with Gasteiger partial charge in [-0.05, 0) is 24.3 Å². The third-order valence-corrected chi connectivity index (χ3v) is 2.28. The maximum atomic E-state index is 12.7. The van der Waals surface area contributed by atoms with Crippen molar-refractivity contribution < 1.29 is 14.3 Å². The molecule has 0 bridgehead atoms. The summed E-state index contributed by atoms with van der Waals surface area (Å²) in [5.74, 6) is -1.67. The van der Waals surface area contributed by atoms with Gasteiger partial charge in [-0.25, -0.2) is 9.18 Å². The first kappa shape index (κ1) is 11.1. The third kappa shape index (κ3) is 2.23. The Kier molecular flexibility index (Phi) is 2.74. The van der Waals surface area contributed by atoms with Crippen LogP contribution < -0.4 is 5.43 Å². The first-order valence-corrected chi connectivity index (χ1v) is 4.79. The van der Waals surface area contributed by atoms with E-state index in [2.05, 4.69) is 0 Å². The minimum atomic E-state index is -1.29. The van der Waals surface area contributed by atoms with Crippen LogP contribution in [0.25, 0.3) is 5.69 Å². The van der Waals surface area contributed by atoms with E-state index in [1.165, 1.54) is 41.2 Å². The summed E-state index contributed by atoms with van der Waals surface area (Å²) >= 11 is 0. The zero-order valence-electron chi connectivity index (χ0n) is 8.63. The molecule has 0 spiro atoms. The molecule has 1 aromatic heterocycles. The number of aromatic nitrogens is 1. The van der Waals surface area contributed by atoms with Crippen molar-refractivity contribution in [2.24, 2.45) is 0 Å². The zero-order chi connectivity index (χ0) is 12.4.